The molecule has 76 valence electrons. The van der Waals surface area contributed by atoms with E-state index < -0.39 is 0 Å². The van der Waals surface area contributed by atoms with Crippen LogP contribution >= 0.6 is 0 Å². The van der Waals surface area contributed by atoms with E-state index in [1.807, 2.05) is 13.1 Å². The summed E-state index contributed by atoms with van der Waals surface area (Å²) in [6.07, 6.45) is 0.891. The lowest BCUT2D eigenvalue weighted by molar-refractivity contribution is 0.829. The second kappa shape index (κ2) is 3.63. The summed E-state index contributed by atoms with van der Waals surface area (Å²) in [5.74, 6) is 1.03. The number of aromatic nitrogens is 2. The van der Waals surface area contributed by atoms with Gasteiger partial charge in [-0.1, -0.05) is 18.1 Å². The van der Waals surface area contributed by atoms with E-state index in [0.717, 1.165) is 23.3 Å². The van der Waals surface area contributed by atoms with Crippen LogP contribution in [0.3, 0.4) is 0 Å². The van der Waals surface area contributed by atoms with Gasteiger partial charge in [0.05, 0.1) is 11.0 Å². The number of hydrogen-bond donors (Lipinski definition) is 0. The third-order valence-electron chi connectivity index (χ3n) is 2.43. The molecule has 0 aliphatic carbocycles. The fourth-order valence-electron chi connectivity index (χ4n) is 1.67. The fourth-order valence-corrected chi connectivity index (χ4v) is 1.67. The summed E-state index contributed by atoms with van der Waals surface area (Å²) in [7, 11) is 1.99. The summed E-state index contributed by atoms with van der Waals surface area (Å²) < 4.78 is 2.05. The van der Waals surface area contributed by atoms with Crippen LogP contribution in [-0.4, -0.2) is 9.55 Å². The number of aryl methyl sites for hydroxylation is 2. The Hall–Kier alpha value is -2.00. The van der Waals surface area contributed by atoms with Gasteiger partial charge in [0.15, 0.2) is 0 Å². The molecule has 1 aromatic carbocycles. The Balaban J connectivity index is 2.67. The first-order valence-corrected chi connectivity index (χ1v) is 4.76. The van der Waals surface area contributed by atoms with Crippen molar-refractivity contribution in [2.75, 3.05) is 0 Å². The van der Waals surface area contributed by atoms with Crippen molar-refractivity contribution in [1.29, 1.82) is 0 Å². The number of azide groups is 1. The van der Waals surface area contributed by atoms with Crippen molar-refractivity contribution in [2.45, 2.75) is 13.3 Å². The Labute approximate surface area is 87.0 Å². The van der Waals surface area contributed by atoms with Crippen LogP contribution in [0.1, 0.15) is 12.7 Å². The number of imidazole rings is 1. The second-order valence-corrected chi connectivity index (χ2v) is 3.30. The van der Waals surface area contributed by atoms with E-state index in [4.69, 9.17) is 5.53 Å². The van der Waals surface area contributed by atoms with E-state index in [2.05, 4.69) is 26.5 Å². The molecule has 0 unspecified atom stereocenters. The first kappa shape index (κ1) is 9.55. The molecule has 15 heavy (non-hydrogen) atoms. The Kier molecular flexibility index (Phi) is 2.31. The highest BCUT2D eigenvalue weighted by Crippen LogP contribution is 2.21. The van der Waals surface area contributed by atoms with E-state index in [0.29, 0.717) is 5.69 Å². The first-order chi connectivity index (χ1) is 7.26. The van der Waals surface area contributed by atoms with Crippen molar-refractivity contribution in [1.82, 2.24) is 9.55 Å². The summed E-state index contributed by atoms with van der Waals surface area (Å²) >= 11 is 0. The molecule has 0 atom stereocenters. The molecule has 5 heteroatoms. The maximum atomic E-state index is 8.33. The minimum atomic E-state index is 0.603. The molecular formula is C10H11N5. The maximum Gasteiger partial charge on any atom is 0.109 e. The quantitative estimate of drug-likeness (QED) is 0.418. The number of hydrogen-bond acceptors (Lipinski definition) is 2. The minimum Gasteiger partial charge on any atom is -0.331 e. The summed E-state index contributed by atoms with van der Waals surface area (Å²) in [5.41, 5.74) is 10.9. The number of fused-ring (bicyclic) bond motifs is 1. The zero-order valence-corrected chi connectivity index (χ0v) is 8.68. The topological polar surface area (TPSA) is 66.6 Å². The fraction of sp³-hybridized carbons (Fsp3) is 0.300. The maximum absolute atomic E-state index is 8.33. The molecule has 0 radical (unpaired) electrons. The van der Waals surface area contributed by atoms with Gasteiger partial charge >= 0.3 is 0 Å². The minimum absolute atomic E-state index is 0.603. The van der Waals surface area contributed by atoms with Crippen LogP contribution in [0.15, 0.2) is 23.3 Å². The lowest BCUT2D eigenvalue weighted by atomic mass is 10.3. The molecule has 0 amide bonds. The van der Waals surface area contributed by atoms with Crippen molar-refractivity contribution in [3.8, 4) is 0 Å². The van der Waals surface area contributed by atoms with E-state index in [-0.39, 0.29) is 0 Å². The smallest absolute Gasteiger partial charge is 0.109 e. The average Bonchev–Trinajstić information content (AvgIpc) is 2.56. The largest absolute Gasteiger partial charge is 0.331 e. The number of rotatable bonds is 2. The van der Waals surface area contributed by atoms with Gasteiger partial charge < -0.3 is 4.57 Å². The molecule has 2 aromatic rings. The van der Waals surface area contributed by atoms with Crippen LogP contribution in [-0.2, 0) is 13.5 Å². The van der Waals surface area contributed by atoms with Gasteiger partial charge in [0.2, 0.25) is 0 Å². The van der Waals surface area contributed by atoms with Crippen molar-refractivity contribution >= 4 is 16.7 Å². The van der Waals surface area contributed by atoms with E-state index in [1.165, 1.54) is 0 Å². The Morgan fingerprint density at radius 2 is 2.33 bits per heavy atom. The lowest BCUT2D eigenvalue weighted by Crippen LogP contribution is -1.94. The standard InChI is InChI=1S/C10H11N5/c1-3-10-12-8-6-7(13-14-11)4-5-9(8)15(10)2/h4-6H,3H2,1-2H3. The van der Waals surface area contributed by atoms with E-state index in [9.17, 15) is 0 Å². The molecule has 0 fully saturated rings. The highest BCUT2D eigenvalue weighted by molar-refractivity contribution is 5.79. The van der Waals surface area contributed by atoms with Crippen LogP contribution in [0.4, 0.5) is 5.69 Å². The molecule has 0 N–H and O–H groups in total. The van der Waals surface area contributed by atoms with Gasteiger partial charge in [-0.2, -0.15) is 0 Å². The summed E-state index contributed by atoms with van der Waals surface area (Å²) in [5, 5.41) is 3.55. The van der Waals surface area contributed by atoms with Gasteiger partial charge in [-0.15, -0.1) is 0 Å². The highest BCUT2D eigenvalue weighted by atomic mass is 15.1. The van der Waals surface area contributed by atoms with Gasteiger partial charge in [-0.3, -0.25) is 0 Å². The Bertz CT molecular complexity index is 548. The zero-order valence-electron chi connectivity index (χ0n) is 8.68. The van der Waals surface area contributed by atoms with Crippen LogP contribution in [0.5, 0.6) is 0 Å². The van der Waals surface area contributed by atoms with Crippen LogP contribution in [0, 0.1) is 0 Å². The van der Waals surface area contributed by atoms with Gasteiger partial charge in [0, 0.05) is 24.1 Å². The first-order valence-electron chi connectivity index (χ1n) is 4.76. The molecule has 0 aliphatic rings. The lowest BCUT2D eigenvalue weighted by Gasteiger charge is -1.97. The average molecular weight is 201 g/mol. The molecular weight excluding hydrogens is 190 g/mol. The molecule has 5 nitrogen and oxygen atoms in total. The molecule has 1 heterocycles. The molecule has 2 rings (SSSR count). The van der Waals surface area contributed by atoms with Gasteiger partial charge in [-0.05, 0) is 17.7 Å². The van der Waals surface area contributed by atoms with Crippen molar-refractivity contribution in [2.24, 2.45) is 12.2 Å². The van der Waals surface area contributed by atoms with Crippen molar-refractivity contribution in [3.05, 3.63) is 34.5 Å². The number of benzene rings is 1. The van der Waals surface area contributed by atoms with Gasteiger partial charge in [0.25, 0.3) is 0 Å². The monoisotopic (exact) mass is 201 g/mol. The Morgan fingerprint density at radius 3 is 3.00 bits per heavy atom. The number of nitrogens with zero attached hydrogens (tertiary/aromatic N) is 5. The van der Waals surface area contributed by atoms with Crippen molar-refractivity contribution < 1.29 is 0 Å². The molecule has 1 aromatic heterocycles. The summed E-state index contributed by atoms with van der Waals surface area (Å²) in [4.78, 5) is 7.21. The van der Waals surface area contributed by atoms with Crippen LogP contribution in [0.25, 0.3) is 21.5 Å². The molecule has 0 saturated carbocycles. The van der Waals surface area contributed by atoms with E-state index in [1.54, 1.807) is 12.1 Å². The predicted octanol–water partition coefficient (Wildman–Crippen LogP) is 3.08. The zero-order chi connectivity index (χ0) is 10.8. The predicted molar refractivity (Wildman–Crippen MR) is 58.9 cm³/mol. The van der Waals surface area contributed by atoms with Crippen molar-refractivity contribution in [3.63, 3.8) is 0 Å². The third kappa shape index (κ3) is 1.53. The Morgan fingerprint density at radius 1 is 1.53 bits per heavy atom. The molecule has 0 bridgehead atoms. The van der Waals surface area contributed by atoms with Gasteiger partial charge in [-0.25, -0.2) is 4.98 Å². The van der Waals surface area contributed by atoms with Crippen LogP contribution < -0.4 is 0 Å². The molecule has 0 spiro atoms. The molecule has 0 aliphatic heterocycles. The van der Waals surface area contributed by atoms with Gasteiger partial charge in [0.1, 0.15) is 5.82 Å². The molecule has 0 saturated heterocycles. The summed E-state index contributed by atoms with van der Waals surface area (Å²) in [6, 6.07) is 5.52. The third-order valence-corrected chi connectivity index (χ3v) is 2.43. The van der Waals surface area contributed by atoms with E-state index >= 15 is 0 Å². The second-order valence-electron chi connectivity index (χ2n) is 3.30. The summed E-state index contributed by atoms with van der Waals surface area (Å²) in [6.45, 7) is 2.07. The highest BCUT2D eigenvalue weighted by Gasteiger charge is 2.05. The normalized spacial score (nSPS) is 10.3. The SMILES string of the molecule is CCc1nc2cc(N=[N+]=[N-])ccc2n1C. The van der Waals surface area contributed by atoms with Crippen LogP contribution in [0.2, 0.25) is 0 Å².